The van der Waals surface area contributed by atoms with Crippen LogP contribution >= 0.6 is 0 Å². The SMILES string of the molecule is Cc1ccc(C)c(OCC(=O)NNS(=O)(=O)c2c(C)noc2C)c1. The first-order chi connectivity index (χ1) is 11.2. The Kier molecular flexibility index (Phi) is 5.25. The van der Waals surface area contributed by atoms with Crippen molar-refractivity contribution in [2.75, 3.05) is 6.61 Å². The van der Waals surface area contributed by atoms with E-state index in [-0.39, 0.29) is 23.0 Å². The number of benzene rings is 1. The average Bonchev–Trinajstić information content (AvgIpc) is 2.86. The summed E-state index contributed by atoms with van der Waals surface area (Å²) in [6, 6.07) is 5.61. The second-order valence-electron chi connectivity index (χ2n) is 5.36. The topological polar surface area (TPSA) is 111 Å². The molecule has 8 nitrogen and oxygen atoms in total. The number of sulfonamides is 1. The van der Waals surface area contributed by atoms with Crippen LogP contribution in [-0.2, 0) is 14.8 Å². The van der Waals surface area contributed by atoms with Gasteiger partial charge in [-0.2, -0.15) is 0 Å². The summed E-state index contributed by atoms with van der Waals surface area (Å²) in [6.07, 6.45) is 0. The van der Waals surface area contributed by atoms with Gasteiger partial charge in [0.05, 0.1) is 0 Å². The third-order valence-corrected chi connectivity index (χ3v) is 4.75. The summed E-state index contributed by atoms with van der Waals surface area (Å²) in [7, 11) is -3.96. The molecule has 9 heteroatoms. The maximum atomic E-state index is 12.1. The largest absolute Gasteiger partial charge is 0.483 e. The predicted molar refractivity (Wildman–Crippen MR) is 85.9 cm³/mol. The molecule has 1 aromatic heterocycles. The molecule has 0 aliphatic carbocycles. The molecule has 130 valence electrons. The van der Waals surface area contributed by atoms with Gasteiger partial charge in [-0.05, 0) is 44.9 Å². The van der Waals surface area contributed by atoms with Crippen LogP contribution in [0.4, 0.5) is 0 Å². The van der Waals surface area contributed by atoms with E-state index < -0.39 is 15.9 Å². The third kappa shape index (κ3) is 4.12. The summed E-state index contributed by atoms with van der Waals surface area (Å²) in [4.78, 5) is 13.7. The first kappa shape index (κ1) is 18.0. The summed E-state index contributed by atoms with van der Waals surface area (Å²) in [5.74, 6) is 0.0749. The summed E-state index contributed by atoms with van der Waals surface area (Å²) < 4.78 is 34.5. The lowest BCUT2D eigenvalue weighted by molar-refractivity contribution is -0.123. The zero-order valence-electron chi connectivity index (χ0n) is 13.8. The molecular formula is C15H19N3O5S. The summed E-state index contributed by atoms with van der Waals surface area (Å²) in [5.41, 5.74) is 4.18. The predicted octanol–water partition coefficient (Wildman–Crippen LogP) is 1.30. The number of rotatable bonds is 6. The van der Waals surface area contributed by atoms with Crippen LogP contribution in [0.1, 0.15) is 22.6 Å². The first-order valence-corrected chi connectivity index (χ1v) is 8.62. The Balaban J connectivity index is 1.95. The van der Waals surface area contributed by atoms with E-state index in [0.29, 0.717) is 5.75 Å². The van der Waals surface area contributed by atoms with Crippen LogP contribution < -0.4 is 15.0 Å². The first-order valence-electron chi connectivity index (χ1n) is 7.14. The van der Waals surface area contributed by atoms with Crippen molar-refractivity contribution in [3.63, 3.8) is 0 Å². The number of aromatic nitrogens is 1. The van der Waals surface area contributed by atoms with E-state index in [9.17, 15) is 13.2 Å². The molecule has 0 spiro atoms. The van der Waals surface area contributed by atoms with Gasteiger partial charge in [0, 0.05) is 0 Å². The molecular weight excluding hydrogens is 334 g/mol. The second kappa shape index (κ2) is 7.02. The maximum absolute atomic E-state index is 12.1. The van der Waals surface area contributed by atoms with Crippen LogP contribution in [0.2, 0.25) is 0 Å². The molecule has 1 amide bonds. The van der Waals surface area contributed by atoms with Crippen LogP contribution in [0.5, 0.6) is 5.75 Å². The molecule has 0 aliphatic rings. The van der Waals surface area contributed by atoms with E-state index in [2.05, 4.69) is 10.6 Å². The highest BCUT2D eigenvalue weighted by Gasteiger charge is 2.24. The Morgan fingerprint density at radius 2 is 1.96 bits per heavy atom. The van der Waals surface area contributed by atoms with E-state index in [1.165, 1.54) is 13.8 Å². The fraction of sp³-hybridized carbons (Fsp3) is 0.333. The molecule has 0 atom stereocenters. The highest BCUT2D eigenvalue weighted by Crippen LogP contribution is 2.19. The molecule has 0 aliphatic heterocycles. The molecule has 1 aromatic carbocycles. The van der Waals surface area contributed by atoms with Gasteiger partial charge in [0.1, 0.15) is 16.3 Å². The van der Waals surface area contributed by atoms with Crippen LogP contribution in [0.25, 0.3) is 0 Å². The Bertz CT molecular complexity index is 838. The number of ether oxygens (including phenoxy) is 1. The van der Waals surface area contributed by atoms with E-state index >= 15 is 0 Å². The summed E-state index contributed by atoms with van der Waals surface area (Å²) >= 11 is 0. The number of carbonyl (C=O) groups is 1. The van der Waals surface area contributed by atoms with Crippen molar-refractivity contribution in [1.82, 2.24) is 15.4 Å². The van der Waals surface area contributed by atoms with E-state index in [0.717, 1.165) is 11.1 Å². The molecule has 0 saturated carbocycles. The molecule has 2 rings (SSSR count). The van der Waals surface area contributed by atoms with Gasteiger partial charge in [-0.1, -0.05) is 17.3 Å². The fourth-order valence-corrected chi connectivity index (χ4v) is 3.27. The van der Waals surface area contributed by atoms with Gasteiger partial charge in [-0.25, -0.2) is 8.42 Å². The maximum Gasteiger partial charge on any atom is 0.272 e. The van der Waals surface area contributed by atoms with Crippen LogP contribution in [0, 0.1) is 27.7 Å². The van der Waals surface area contributed by atoms with Crippen molar-refractivity contribution in [1.29, 1.82) is 0 Å². The van der Waals surface area contributed by atoms with Crippen LogP contribution in [0.15, 0.2) is 27.6 Å². The Morgan fingerprint density at radius 3 is 2.58 bits per heavy atom. The molecule has 0 bridgehead atoms. The normalized spacial score (nSPS) is 11.3. The smallest absolute Gasteiger partial charge is 0.272 e. The van der Waals surface area contributed by atoms with Crippen molar-refractivity contribution in [2.45, 2.75) is 32.6 Å². The average molecular weight is 353 g/mol. The van der Waals surface area contributed by atoms with Crippen molar-refractivity contribution in [2.24, 2.45) is 0 Å². The van der Waals surface area contributed by atoms with Gasteiger partial charge in [0.2, 0.25) is 0 Å². The number of amides is 1. The van der Waals surface area contributed by atoms with Gasteiger partial charge in [0.15, 0.2) is 12.4 Å². The van der Waals surface area contributed by atoms with Crippen molar-refractivity contribution < 1.29 is 22.5 Å². The minimum absolute atomic E-state index is 0.0988. The summed E-state index contributed by atoms with van der Waals surface area (Å²) in [5, 5.41) is 3.57. The fourth-order valence-electron chi connectivity index (χ4n) is 2.08. The number of hydrogen-bond acceptors (Lipinski definition) is 6. The molecule has 0 saturated heterocycles. The minimum Gasteiger partial charge on any atom is -0.483 e. The Morgan fingerprint density at radius 1 is 1.25 bits per heavy atom. The van der Waals surface area contributed by atoms with Gasteiger partial charge in [-0.15, -0.1) is 4.83 Å². The van der Waals surface area contributed by atoms with Crippen LogP contribution in [0.3, 0.4) is 0 Å². The quantitative estimate of drug-likeness (QED) is 0.757. The zero-order valence-corrected chi connectivity index (χ0v) is 14.7. The van der Waals surface area contributed by atoms with E-state index in [4.69, 9.17) is 9.26 Å². The Hall–Kier alpha value is -2.39. The molecule has 0 fully saturated rings. The lowest BCUT2D eigenvalue weighted by atomic mass is 10.1. The number of hydrazine groups is 1. The van der Waals surface area contributed by atoms with Gasteiger partial charge in [-0.3, -0.25) is 10.2 Å². The van der Waals surface area contributed by atoms with Crippen LogP contribution in [-0.4, -0.2) is 26.1 Å². The standard InChI is InChI=1S/C15H19N3O5S/c1-9-5-6-10(2)13(7-9)22-8-14(19)16-18-24(20,21)15-11(3)17-23-12(15)4/h5-7,18H,8H2,1-4H3,(H,16,19). The number of hydrogen-bond donors (Lipinski definition) is 2. The molecule has 2 N–H and O–H groups in total. The monoisotopic (exact) mass is 353 g/mol. The van der Waals surface area contributed by atoms with E-state index in [1.807, 2.05) is 30.8 Å². The summed E-state index contributed by atoms with van der Waals surface area (Å²) in [6.45, 7) is 6.40. The highest BCUT2D eigenvalue weighted by molar-refractivity contribution is 7.89. The number of carbonyl (C=O) groups excluding carboxylic acids is 1. The molecule has 0 unspecified atom stereocenters. The Labute approximate surface area is 140 Å². The minimum atomic E-state index is -3.96. The zero-order chi connectivity index (χ0) is 17.9. The van der Waals surface area contributed by atoms with Crippen molar-refractivity contribution in [3.05, 3.63) is 40.8 Å². The lowest BCUT2D eigenvalue weighted by Gasteiger charge is -2.11. The number of nitrogens with zero attached hydrogens (tertiary/aromatic N) is 1. The number of aryl methyl sites for hydroxylation is 4. The number of nitrogens with one attached hydrogen (secondary N) is 2. The third-order valence-electron chi connectivity index (χ3n) is 3.26. The van der Waals surface area contributed by atoms with Gasteiger partial charge < -0.3 is 9.26 Å². The van der Waals surface area contributed by atoms with Crippen molar-refractivity contribution in [3.8, 4) is 5.75 Å². The van der Waals surface area contributed by atoms with Gasteiger partial charge in [0.25, 0.3) is 15.9 Å². The molecule has 2 aromatic rings. The molecule has 0 radical (unpaired) electrons. The molecule has 24 heavy (non-hydrogen) atoms. The highest BCUT2D eigenvalue weighted by atomic mass is 32.2. The lowest BCUT2D eigenvalue weighted by Crippen LogP contribution is -2.44. The van der Waals surface area contributed by atoms with E-state index in [1.54, 1.807) is 6.07 Å². The second-order valence-corrected chi connectivity index (χ2v) is 6.98. The molecule has 1 heterocycles. The van der Waals surface area contributed by atoms with Crippen molar-refractivity contribution >= 4 is 15.9 Å². The van der Waals surface area contributed by atoms with Gasteiger partial charge >= 0.3 is 0 Å².